The number of nitrogens with zero attached hydrogens (tertiary/aromatic N) is 3. The number of piperidine rings is 1. The van der Waals surface area contributed by atoms with E-state index in [0.717, 1.165) is 55.7 Å². The van der Waals surface area contributed by atoms with E-state index in [-0.39, 0.29) is 11.8 Å². The van der Waals surface area contributed by atoms with Crippen LogP contribution >= 0.6 is 0 Å². The van der Waals surface area contributed by atoms with Gasteiger partial charge in [-0.05, 0) is 56.2 Å². The van der Waals surface area contributed by atoms with E-state index in [1.54, 1.807) is 12.4 Å². The number of rotatable bonds is 6. The van der Waals surface area contributed by atoms with Gasteiger partial charge in [0.1, 0.15) is 11.4 Å². The van der Waals surface area contributed by atoms with Crippen LogP contribution in [0.25, 0.3) is 0 Å². The molecule has 2 fully saturated rings. The molecule has 1 aromatic heterocycles. The first kappa shape index (κ1) is 23.5. The average Bonchev–Trinajstić information content (AvgIpc) is 2.91. The zero-order valence-corrected chi connectivity index (χ0v) is 20.4. The molecular weight excluding hydrogens is 438 g/mol. The van der Waals surface area contributed by atoms with E-state index in [2.05, 4.69) is 27.0 Å². The third kappa shape index (κ3) is 5.22. The first-order valence-corrected chi connectivity index (χ1v) is 12.6. The summed E-state index contributed by atoms with van der Waals surface area (Å²) in [6, 6.07) is 18.3. The Morgan fingerprint density at radius 2 is 1.80 bits per heavy atom. The van der Waals surface area contributed by atoms with E-state index in [1.165, 1.54) is 5.56 Å². The Bertz CT molecular complexity index is 1140. The number of amides is 1. The Morgan fingerprint density at radius 3 is 2.60 bits per heavy atom. The topological polar surface area (TPSA) is 64.6 Å². The van der Waals surface area contributed by atoms with Gasteiger partial charge < -0.3 is 14.4 Å². The van der Waals surface area contributed by atoms with Crippen molar-refractivity contribution in [3.8, 4) is 11.6 Å². The summed E-state index contributed by atoms with van der Waals surface area (Å²) < 4.78 is 11.9. The lowest BCUT2D eigenvalue weighted by molar-refractivity contribution is -0.149. The van der Waals surface area contributed by atoms with Gasteiger partial charge in [0, 0.05) is 44.6 Å². The SMILES string of the molecule is Cc1ccccc1Oc1nccnc1[C@@H]1CCCN(C(=O)C2(Cc3ccccc3)CCOCC2)C1. The van der Waals surface area contributed by atoms with Crippen molar-refractivity contribution in [3.05, 3.63) is 83.8 Å². The van der Waals surface area contributed by atoms with Crippen molar-refractivity contribution in [2.24, 2.45) is 5.41 Å². The Kier molecular flexibility index (Phi) is 7.09. The summed E-state index contributed by atoms with van der Waals surface area (Å²) in [4.78, 5) is 25.3. The summed E-state index contributed by atoms with van der Waals surface area (Å²) in [7, 11) is 0. The molecule has 3 heterocycles. The summed E-state index contributed by atoms with van der Waals surface area (Å²) >= 11 is 0. The molecule has 182 valence electrons. The molecule has 35 heavy (non-hydrogen) atoms. The Morgan fingerprint density at radius 1 is 1.06 bits per heavy atom. The minimum Gasteiger partial charge on any atom is -0.437 e. The van der Waals surface area contributed by atoms with E-state index < -0.39 is 5.41 Å². The molecule has 0 bridgehead atoms. The second-order valence-electron chi connectivity index (χ2n) is 9.76. The van der Waals surface area contributed by atoms with Gasteiger partial charge in [-0.25, -0.2) is 4.98 Å². The molecule has 2 saturated heterocycles. The number of ether oxygens (including phenoxy) is 2. The number of hydrogen-bond acceptors (Lipinski definition) is 5. The zero-order valence-electron chi connectivity index (χ0n) is 20.4. The smallest absolute Gasteiger partial charge is 0.241 e. The van der Waals surface area contributed by atoms with Crippen molar-refractivity contribution < 1.29 is 14.3 Å². The van der Waals surface area contributed by atoms with Crippen LogP contribution in [0, 0.1) is 12.3 Å². The molecule has 0 unspecified atom stereocenters. The molecule has 2 aliphatic heterocycles. The highest BCUT2D eigenvalue weighted by Crippen LogP contribution is 2.39. The fraction of sp³-hybridized carbons (Fsp3) is 0.414. The largest absolute Gasteiger partial charge is 0.437 e. The first-order valence-electron chi connectivity index (χ1n) is 12.6. The number of benzene rings is 2. The molecule has 1 atom stereocenters. The number of aryl methyl sites for hydroxylation is 1. The highest BCUT2D eigenvalue weighted by molar-refractivity contribution is 5.83. The maximum absolute atomic E-state index is 14.1. The minimum atomic E-state index is -0.412. The maximum Gasteiger partial charge on any atom is 0.241 e. The van der Waals surface area contributed by atoms with Gasteiger partial charge in [-0.2, -0.15) is 0 Å². The lowest BCUT2D eigenvalue weighted by atomic mass is 9.73. The highest BCUT2D eigenvalue weighted by atomic mass is 16.5. The predicted octanol–water partition coefficient (Wildman–Crippen LogP) is 5.32. The molecule has 2 aliphatic rings. The fourth-order valence-corrected chi connectivity index (χ4v) is 5.40. The molecular formula is C29H33N3O3. The number of carbonyl (C=O) groups is 1. The molecule has 0 spiro atoms. The lowest BCUT2D eigenvalue weighted by Gasteiger charge is -2.42. The Labute approximate surface area is 207 Å². The third-order valence-corrected chi connectivity index (χ3v) is 7.38. The van der Waals surface area contributed by atoms with E-state index >= 15 is 0 Å². The average molecular weight is 472 g/mol. The van der Waals surface area contributed by atoms with Crippen LogP contribution in [0.4, 0.5) is 0 Å². The molecule has 1 amide bonds. The van der Waals surface area contributed by atoms with Gasteiger partial charge in [0.05, 0.1) is 5.41 Å². The fourth-order valence-electron chi connectivity index (χ4n) is 5.40. The number of carbonyl (C=O) groups excluding carboxylic acids is 1. The van der Waals surface area contributed by atoms with Crippen LogP contribution in [-0.4, -0.2) is 47.1 Å². The van der Waals surface area contributed by atoms with Crippen molar-refractivity contribution in [2.75, 3.05) is 26.3 Å². The zero-order chi connectivity index (χ0) is 24.1. The van der Waals surface area contributed by atoms with E-state index in [0.29, 0.717) is 25.6 Å². The van der Waals surface area contributed by atoms with Gasteiger partial charge in [0.25, 0.3) is 0 Å². The summed E-state index contributed by atoms with van der Waals surface area (Å²) in [5.74, 6) is 1.65. The van der Waals surface area contributed by atoms with Crippen molar-refractivity contribution in [1.82, 2.24) is 14.9 Å². The molecule has 6 heteroatoms. The molecule has 2 aromatic carbocycles. The van der Waals surface area contributed by atoms with Crippen molar-refractivity contribution in [3.63, 3.8) is 0 Å². The van der Waals surface area contributed by atoms with Crippen molar-refractivity contribution >= 4 is 5.91 Å². The Hall–Kier alpha value is -3.25. The predicted molar refractivity (Wildman–Crippen MR) is 134 cm³/mol. The van der Waals surface area contributed by atoms with Crippen LogP contribution in [0.3, 0.4) is 0 Å². The second kappa shape index (κ2) is 10.6. The number of likely N-dealkylation sites (tertiary alicyclic amines) is 1. The van der Waals surface area contributed by atoms with Gasteiger partial charge in [0.15, 0.2) is 0 Å². The summed E-state index contributed by atoms with van der Waals surface area (Å²) in [6.45, 7) is 4.70. The van der Waals surface area contributed by atoms with Crippen LogP contribution < -0.4 is 4.74 Å². The second-order valence-corrected chi connectivity index (χ2v) is 9.76. The molecule has 5 rings (SSSR count). The summed E-state index contributed by atoms with van der Waals surface area (Å²) in [5.41, 5.74) is 2.67. The molecule has 3 aromatic rings. The van der Waals surface area contributed by atoms with E-state index in [1.807, 2.05) is 49.4 Å². The van der Waals surface area contributed by atoms with Crippen LogP contribution in [0.15, 0.2) is 67.0 Å². The van der Waals surface area contributed by atoms with Gasteiger partial charge in [-0.15, -0.1) is 0 Å². The van der Waals surface area contributed by atoms with E-state index in [9.17, 15) is 4.79 Å². The minimum absolute atomic E-state index is 0.0917. The quantitative estimate of drug-likeness (QED) is 0.487. The van der Waals surface area contributed by atoms with E-state index in [4.69, 9.17) is 9.47 Å². The molecule has 0 N–H and O–H groups in total. The van der Waals surface area contributed by atoms with Crippen molar-refractivity contribution in [2.45, 2.75) is 44.9 Å². The van der Waals surface area contributed by atoms with Gasteiger partial charge in [-0.1, -0.05) is 48.5 Å². The van der Waals surface area contributed by atoms with Crippen molar-refractivity contribution in [1.29, 1.82) is 0 Å². The third-order valence-electron chi connectivity index (χ3n) is 7.38. The van der Waals surface area contributed by atoms with Crippen LogP contribution in [-0.2, 0) is 16.0 Å². The molecule has 0 radical (unpaired) electrons. The van der Waals surface area contributed by atoms with Crippen LogP contribution in [0.2, 0.25) is 0 Å². The summed E-state index contributed by atoms with van der Waals surface area (Å²) in [5, 5.41) is 0. The monoisotopic (exact) mass is 471 g/mol. The molecule has 0 saturated carbocycles. The summed E-state index contributed by atoms with van der Waals surface area (Å²) in [6.07, 6.45) is 7.55. The standard InChI is InChI=1S/C29H33N3O3/c1-22-8-5-6-12-25(22)35-27-26(30-15-16-31-27)24-11-7-17-32(21-24)28(33)29(13-18-34-19-14-29)20-23-9-3-2-4-10-23/h2-6,8-10,12,15-16,24H,7,11,13-14,17-21H2,1H3/t24-/m1/s1. The normalized spacial score (nSPS) is 19.8. The van der Waals surface area contributed by atoms with Crippen LogP contribution in [0.1, 0.15) is 48.4 Å². The van der Waals surface area contributed by atoms with Gasteiger partial charge >= 0.3 is 0 Å². The molecule has 6 nitrogen and oxygen atoms in total. The lowest BCUT2D eigenvalue weighted by Crippen LogP contribution is -2.51. The Balaban J connectivity index is 1.37. The van der Waals surface area contributed by atoms with Gasteiger partial charge in [0.2, 0.25) is 11.8 Å². The van der Waals surface area contributed by atoms with Gasteiger partial charge in [-0.3, -0.25) is 9.78 Å². The number of aromatic nitrogens is 2. The number of hydrogen-bond donors (Lipinski definition) is 0. The maximum atomic E-state index is 14.1. The first-order chi connectivity index (χ1) is 17.1. The number of para-hydroxylation sites is 1. The highest BCUT2D eigenvalue weighted by Gasteiger charge is 2.44. The van der Waals surface area contributed by atoms with Crippen LogP contribution in [0.5, 0.6) is 11.6 Å². The molecule has 0 aliphatic carbocycles.